The van der Waals surface area contributed by atoms with E-state index in [-0.39, 0.29) is 0 Å². The Morgan fingerprint density at radius 3 is 1.48 bits per heavy atom. The van der Waals surface area contributed by atoms with E-state index in [1.54, 1.807) is 0 Å². The van der Waals surface area contributed by atoms with Crippen LogP contribution in [0, 0.1) is 46.3 Å². The molecule has 8 nitrogen and oxygen atoms in total. The van der Waals surface area contributed by atoms with Gasteiger partial charge in [0.15, 0.2) is 6.10 Å². The molecule has 8 fully saturated rings. The number of ether oxygens (including phenoxy) is 3. The molecule has 0 aromatic rings. The number of hydrogen-bond acceptors (Lipinski definition) is 7. The van der Waals surface area contributed by atoms with E-state index in [0.717, 1.165) is 38.5 Å². The molecule has 0 aromatic heterocycles. The Balaban J connectivity index is 1.16. The van der Waals surface area contributed by atoms with Crippen molar-refractivity contribution >= 4 is 22.1 Å². The van der Waals surface area contributed by atoms with Crippen molar-refractivity contribution in [1.82, 2.24) is 0 Å². The maximum absolute atomic E-state index is 14.2. The molecule has 8 aliphatic carbocycles. The van der Waals surface area contributed by atoms with E-state index in [2.05, 4.69) is 4.74 Å². The van der Waals surface area contributed by atoms with Crippen LogP contribution in [0.5, 0.6) is 0 Å². The van der Waals surface area contributed by atoms with E-state index < -0.39 is 63.6 Å². The molecule has 0 aromatic carbocycles. The Kier molecular flexibility index (Phi) is 6.82. The van der Waals surface area contributed by atoms with Crippen molar-refractivity contribution in [2.75, 3.05) is 13.2 Å². The monoisotopic (exact) mass is 596 g/mol. The third kappa shape index (κ3) is 4.85. The largest absolute Gasteiger partial charge is 0.461 e. The molecule has 1 atom stereocenters. The van der Waals surface area contributed by atoms with Crippen LogP contribution in [0.3, 0.4) is 0 Å². The molecule has 0 amide bonds. The molecular weight excluding hydrogens is 560 g/mol. The van der Waals surface area contributed by atoms with E-state index >= 15 is 0 Å². The van der Waals surface area contributed by atoms with Gasteiger partial charge in [-0.2, -0.15) is 26.0 Å². The van der Waals surface area contributed by atoms with Gasteiger partial charge < -0.3 is 14.2 Å². The van der Waals surface area contributed by atoms with Crippen molar-refractivity contribution in [3.63, 3.8) is 0 Å². The maximum Gasteiger partial charge on any atom is 0.459 e. The molecule has 13 heteroatoms. The molecule has 0 heterocycles. The Morgan fingerprint density at radius 1 is 0.725 bits per heavy atom. The van der Waals surface area contributed by atoms with Crippen molar-refractivity contribution in [1.29, 1.82) is 0 Å². The second-order valence-electron chi connectivity index (χ2n) is 13.8. The van der Waals surface area contributed by atoms with Crippen LogP contribution in [-0.4, -0.2) is 55.6 Å². The van der Waals surface area contributed by atoms with Gasteiger partial charge >= 0.3 is 33.4 Å². The minimum absolute atomic E-state index is 0.361. The van der Waals surface area contributed by atoms with Crippen molar-refractivity contribution in [2.45, 2.75) is 94.5 Å². The molecule has 40 heavy (non-hydrogen) atoms. The number of esters is 2. The summed E-state index contributed by atoms with van der Waals surface area (Å²) in [5.41, 5.74) is -1.50. The van der Waals surface area contributed by atoms with E-state index in [0.29, 0.717) is 74.0 Å². The highest BCUT2D eigenvalue weighted by molar-refractivity contribution is 7.86. The van der Waals surface area contributed by atoms with Gasteiger partial charge in [-0.05, 0) is 113 Å². The first-order valence-corrected chi connectivity index (χ1v) is 15.8. The fourth-order valence-electron chi connectivity index (χ4n) is 9.87. The lowest BCUT2D eigenvalue weighted by Crippen LogP contribution is -2.53. The van der Waals surface area contributed by atoms with Gasteiger partial charge in [-0.15, -0.1) is 0 Å². The van der Waals surface area contributed by atoms with Gasteiger partial charge in [0.1, 0.15) is 6.61 Å². The number of hydrogen-bond donors (Lipinski definition) is 1. The predicted molar refractivity (Wildman–Crippen MR) is 129 cm³/mol. The Labute approximate surface area is 230 Å². The topological polar surface area (TPSA) is 116 Å². The Morgan fingerprint density at radius 2 is 1.10 bits per heavy atom. The summed E-state index contributed by atoms with van der Waals surface area (Å²) >= 11 is 0. The van der Waals surface area contributed by atoms with Crippen molar-refractivity contribution in [2.24, 2.45) is 46.3 Å². The Bertz CT molecular complexity index is 1080. The van der Waals surface area contributed by atoms with Crippen LogP contribution in [0.25, 0.3) is 0 Å². The highest BCUT2D eigenvalue weighted by Gasteiger charge is 2.68. The summed E-state index contributed by atoms with van der Waals surface area (Å²) in [5, 5.41) is -5.94. The zero-order chi connectivity index (χ0) is 28.7. The van der Waals surface area contributed by atoms with Crippen LogP contribution < -0.4 is 0 Å². The molecule has 0 aliphatic heterocycles. The van der Waals surface area contributed by atoms with Gasteiger partial charge in [0.25, 0.3) is 0 Å². The van der Waals surface area contributed by atoms with Crippen LogP contribution in [0.2, 0.25) is 0 Å². The SMILES string of the molecule is O=C(OCC(COC(F)(F)C(F)(F)S(=O)(=O)O)OC(=O)C12CC3CC(CC(C3)C1)C2)C12CC3CC(CC(C3)C1)C2. The fourth-order valence-corrected chi connectivity index (χ4v) is 10.2. The Hall–Kier alpha value is -1.47. The number of alkyl halides is 4. The average molecular weight is 597 g/mol. The van der Waals surface area contributed by atoms with Gasteiger partial charge in [0.05, 0.1) is 17.4 Å². The molecule has 8 saturated carbocycles. The summed E-state index contributed by atoms with van der Waals surface area (Å²) in [5.74, 6) is 1.18. The van der Waals surface area contributed by atoms with E-state index in [1.807, 2.05) is 0 Å². The third-order valence-electron chi connectivity index (χ3n) is 10.7. The first-order chi connectivity index (χ1) is 18.6. The third-order valence-corrected chi connectivity index (χ3v) is 11.6. The zero-order valence-electron chi connectivity index (χ0n) is 22.2. The molecule has 0 radical (unpaired) electrons. The molecule has 8 rings (SSSR count). The quantitative estimate of drug-likeness (QED) is 0.214. The molecule has 8 bridgehead atoms. The van der Waals surface area contributed by atoms with Gasteiger partial charge in [-0.3, -0.25) is 14.1 Å². The van der Waals surface area contributed by atoms with Gasteiger partial charge in [0, 0.05) is 0 Å². The van der Waals surface area contributed by atoms with Gasteiger partial charge in [-0.1, -0.05) is 0 Å². The minimum Gasteiger partial charge on any atom is -0.461 e. The second-order valence-corrected chi connectivity index (χ2v) is 15.3. The lowest BCUT2D eigenvalue weighted by atomic mass is 9.49. The normalized spacial score (nSPS) is 40.7. The van der Waals surface area contributed by atoms with Crippen LogP contribution in [-0.2, 0) is 33.9 Å². The number of carbonyl (C=O) groups is 2. The van der Waals surface area contributed by atoms with Gasteiger partial charge in [0.2, 0.25) is 0 Å². The fraction of sp³-hybridized carbons (Fsp3) is 0.926. The van der Waals surface area contributed by atoms with E-state index in [1.165, 1.54) is 0 Å². The summed E-state index contributed by atoms with van der Waals surface area (Å²) in [6, 6.07) is 0. The summed E-state index contributed by atoms with van der Waals surface area (Å²) in [6.45, 7) is -2.05. The zero-order valence-corrected chi connectivity index (χ0v) is 23.0. The van der Waals surface area contributed by atoms with Crippen molar-refractivity contribution in [3.8, 4) is 0 Å². The van der Waals surface area contributed by atoms with Crippen molar-refractivity contribution in [3.05, 3.63) is 0 Å². The standard InChI is InChI=1S/C27H36F4O8S/c28-26(29,27(30,31)40(34,35)36)38-14-21(39-23(33)25-10-18-4-19(11-25)6-20(5-18)12-25)13-37-22(32)24-7-15-1-16(8-24)3-17(2-15)9-24/h15-21H,1-14H2,(H,34,35,36). The molecule has 226 valence electrons. The van der Waals surface area contributed by atoms with Gasteiger partial charge in [-0.25, -0.2) is 0 Å². The molecule has 1 N–H and O–H groups in total. The average Bonchev–Trinajstić information content (AvgIpc) is 2.83. The maximum atomic E-state index is 14.2. The highest BCUT2D eigenvalue weighted by atomic mass is 32.2. The summed E-state index contributed by atoms with van der Waals surface area (Å²) < 4.78 is 101. The van der Waals surface area contributed by atoms with E-state index in [4.69, 9.17) is 14.0 Å². The lowest BCUT2D eigenvalue weighted by molar-refractivity contribution is -0.325. The highest BCUT2D eigenvalue weighted by Crippen LogP contribution is 2.61. The number of rotatable bonds is 10. The second kappa shape index (κ2) is 9.52. The first-order valence-electron chi connectivity index (χ1n) is 14.3. The smallest absolute Gasteiger partial charge is 0.459 e. The van der Waals surface area contributed by atoms with E-state index in [9.17, 15) is 35.6 Å². The van der Waals surface area contributed by atoms with Crippen LogP contribution in [0.4, 0.5) is 17.6 Å². The first kappa shape index (κ1) is 28.6. The van der Waals surface area contributed by atoms with Crippen LogP contribution in [0.1, 0.15) is 77.0 Å². The molecular formula is C27H36F4O8S. The molecule has 0 saturated heterocycles. The van der Waals surface area contributed by atoms with Crippen molar-refractivity contribution < 1.29 is 54.3 Å². The molecule has 8 aliphatic rings. The minimum atomic E-state index is -6.51. The number of halogens is 4. The summed E-state index contributed by atoms with van der Waals surface area (Å²) in [4.78, 5) is 26.8. The van der Waals surface area contributed by atoms with Crippen LogP contribution >= 0.6 is 0 Å². The predicted octanol–water partition coefficient (Wildman–Crippen LogP) is 4.96. The lowest BCUT2D eigenvalue weighted by Gasteiger charge is -2.55. The summed E-state index contributed by atoms with van der Waals surface area (Å²) in [7, 11) is -6.51. The number of carbonyl (C=O) groups excluding carboxylic acids is 2. The molecule has 0 spiro atoms. The molecule has 1 unspecified atom stereocenters. The summed E-state index contributed by atoms with van der Waals surface area (Å²) in [6.07, 6.45) is 2.79. The van der Waals surface area contributed by atoms with Crippen LogP contribution in [0.15, 0.2) is 0 Å².